The van der Waals surface area contributed by atoms with E-state index in [2.05, 4.69) is 4.98 Å². The molecular weight excluding hydrogens is 273 g/mol. The van der Waals surface area contributed by atoms with Gasteiger partial charge in [-0.15, -0.1) is 11.3 Å². The van der Waals surface area contributed by atoms with E-state index in [0.29, 0.717) is 16.3 Å². The molecule has 0 unspecified atom stereocenters. The lowest BCUT2D eigenvalue weighted by Gasteiger charge is -2.06. The molecule has 0 bridgehead atoms. The number of nitrogens with zero attached hydrogens (tertiary/aromatic N) is 1. The highest BCUT2D eigenvalue weighted by molar-refractivity contribution is 7.13. The summed E-state index contributed by atoms with van der Waals surface area (Å²) in [6.45, 7) is 0. The van der Waals surface area contributed by atoms with E-state index in [-0.39, 0.29) is 5.82 Å². The van der Waals surface area contributed by atoms with Crippen LogP contribution in [0.4, 0.5) is 4.39 Å². The summed E-state index contributed by atoms with van der Waals surface area (Å²) in [5.74, 6) is 0.178. The highest BCUT2D eigenvalue weighted by Gasteiger charge is 2.15. The zero-order valence-corrected chi connectivity index (χ0v) is 11.7. The Morgan fingerprint density at radius 2 is 1.85 bits per heavy atom. The maximum Gasteiger partial charge on any atom is 0.137 e. The lowest BCUT2D eigenvalue weighted by Crippen LogP contribution is -1.91. The van der Waals surface area contributed by atoms with Crippen molar-refractivity contribution in [1.29, 1.82) is 0 Å². The van der Waals surface area contributed by atoms with Crippen LogP contribution in [0, 0.1) is 5.82 Å². The second-order valence-electron chi connectivity index (χ2n) is 4.22. The average molecular weight is 285 g/mol. The van der Waals surface area contributed by atoms with E-state index < -0.39 is 0 Å². The number of rotatable bonds is 3. The van der Waals surface area contributed by atoms with Crippen LogP contribution in [-0.2, 0) is 0 Å². The SMILES string of the molecule is COc1cccc(F)c1-c1nc(-c2ccccc2)cs1. The monoisotopic (exact) mass is 285 g/mol. The van der Waals surface area contributed by atoms with Crippen molar-refractivity contribution < 1.29 is 9.13 Å². The van der Waals surface area contributed by atoms with Gasteiger partial charge in [0.2, 0.25) is 0 Å². The molecule has 0 amide bonds. The second-order valence-corrected chi connectivity index (χ2v) is 5.08. The third-order valence-corrected chi connectivity index (χ3v) is 3.84. The molecule has 0 fully saturated rings. The number of ether oxygens (including phenoxy) is 1. The molecule has 0 radical (unpaired) electrons. The largest absolute Gasteiger partial charge is 0.496 e. The summed E-state index contributed by atoms with van der Waals surface area (Å²) in [5, 5.41) is 2.55. The summed E-state index contributed by atoms with van der Waals surface area (Å²) in [6, 6.07) is 14.6. The van der Waals surface area contributed by atoms with Crippen LogP contribution in [0.15, 0.2) is 53.9 Å². The summed E-state index contributed by atoms with van der Waals surface area (Å²) < 4.78 is 19.2. The molecule has 2 aromatic carbocycles. The minimum absolute atomic E-state index is 0.321. The first-order valence-corrected chi connectivity index (χ1v) is 7.01. The Labute approximate surface area is 120 Å². The van der Waals surface area contributed by atoms with Gasteiger partial charge in [0.05, 0.1) is 18.4 Å². The van der Waals surface area contributed by atoms with Crippen molar-refractivity contribution in [2.75, 3.05) is 7.11 Å². The van der Waals surface area contributed by atoms with Crippen molar-refractivity contribution in [2.24, 2.45) is 0 Å². The summed E-state index contributed by atoms with van der Waals surface area (Å²) in [5.41, 5.74) is 2.28. The van der Waals surface area contributed by atoms with Crippen LogP contribution in [0.1, 0.15) is 0 Å². The minimum atomic E-state index is -0.321. The quantitative estimate of drug-likeness (QED) is 0.700. The molecule has 0 spiro atoms. The third kappa shape index (κ3) is 2.30. The fourth-order valence-electron chi connectivity index (χ4n) is 2.01. The Morgan fingerprint density at radius 1 is 1.05 bits per heavy atom. The first-order valence-electron chi connectivity index (χ1n) is 6.13. The van der Waals surface area contributed by atoms with Crippen LogP contribution in [0.25, 0.3) is 21.8 Å². The minimum Gasteiger partial charge on any atom is -0.496 e. The molecule has 2 nitrogen and oxygen atoms in total. The van der Waals surface area contributed by atoms with E-state index in [1.807, 2.05) is 35.7 Å². The van der Waals surface area contributed by atoms with Gasteiger partial charge in [-0.3, -0.25) is 0 Å². The molecule has 1 heterocycles. The van der Waals surface area contributed by atoms with E-state index in [9.17, 15) is 4.39 Å². The Morgan fingerprint density at radius 3 is 2.60 bits per heavy atom. The predicted octanol–water partition coefficient (Wildman–Crippen LogP) is 4.62. The number of benzene rings is 2. The van der Waals surface area contributed by atoms with E-state index in [1.54, 1.807) is 12.1 Å². The zero-order chi connectivity index (χ0) is 13.9. The van der Waals surface area contributed by atoms with E-state index in [4.69, 9.17) is 4.74 Å². The van der Waals surface area contributed by atoms with Crippen molar-refractivity contribution in [3.05, 3.63) is 59.7 Å². The fraction of sp³-hybridized carbons (Fsp3) is 0.0625. The van der Waals surface area contributed by atoms with Crippen molar-refractivity contribution in [3.63, 3.8) is 0 Å². The van der Waals surface area contributed by atoms with Gasteiger partial charge in [0, 0.05) is 10.9 Å². The smallest absolute Gasteiger partial charge is 0.137 e. The average Bonchev–Trinajstić information content (AvgIpc) is 2.97. The summed E-state index contributed by atoms with van der Waals surface area (Å²) in [6.07, 6.45) is 0. The number of methoxy groups -OCH3 is 1. The normalized spacial score (nSPS) is 10.5. The van der Waals surface area contributed by atoms with Gasteiger partial charge in [0.25, 0.3) is 0 Å². The van der Waals surface area contributed by atoms with Gasteiger partial charge in [-0.05, 0) is 12.1 Å². The predicted molar refractivity (Wildman–Crippen MR) is 79.5 cm³/mol. The number of halogens is 1. The molecular formula is C16H12FNOS. The molecule has 3 rings (SSSR count). The van der Waals surface area contributed by atoms with E-state index in [0.717, 1.165) is 11.3 Å². The zero-order valence-electron chi connectivity index (χ0n) is 10.8. The highest BCUT2D eigenvalue weighted by atomic mass is 32.1. The Bertz CT molecular complexity index is 724. The van der Waals surface area contributed by atoms with Crippen LogP contribution in [-0.4, -0.2) is 12.1 Å². The lowest BCUT2D eigenvalue weighted by atomic mass is 10.1. The van der Waals surface area contributed by atoms with Crippen LogP contribution >= 0.6 is 11.3 Å². The molecule has 100 valence electrons. The van der Waals surface area contributed by atoms with Crippen molar-refractivity contribution in [3.8, 4) is 27.6 Å². The van der Waals surface area contributed by atoms with Gasteiger partial charge in [-0.2, -0.15) is 0 Å². The van der Waals surface area contributed by atoms with Gasteiger partial charge < -0.3 is 4.74 Å². The molecule has 0 aliphatic carbocycles. The summed E-state index contributed by atoms with van der Waals surface area (Å²) in [4.78, 5) is 4.52. The Kier molecular flexibility index (Phi) is 3.48. The molecule has 0 saturated carbocycles. The van der Waals surface area contributed by atoms with Gasteiger partial charge in [-0.25, -0.2) is 9.37 Å². The van der Waals surface area contributed by atoms with E-state index >= 15 is 0 Å². The van der Waals surface area contributed by atoms with Crippen molar-refractivity contribution in [1.82, 2.24) is 4.98 Å². The van der Waals surface area contributed by atoms with Crippen LogP contribution in [0.5, 0.6) is 5.75 Å². The highest BCUT2D eigenvalue weighted by Crippen LogP contribution is 2.36. The number of thiazole rings is 1. The Hall–Kier alpha value is -2.20. The van der Waals surface area contributed by atoms with Crippen LogP contribution in [0.2, 0.25) is 0 Å². The molecule has 0 aliphatic rings. The van der Waals surface area contributed by atoms with Gasteiger partial charge in [-0.1, -0.05) is 36.4 Å². The summed E-state index contributed by atoms with van der Waals surface area (Å²) >= 11 is 1.41. The van der Waals surface area contributed by atoms with E-state index in [1.165, 1.54) is 24.5 Å². The van der Waals surface area contributed by atoms with Gasteiger partial charge >= 0.3 is 0 Å². The summed E-state index contributed by atoms with van der Waals surface area (Å²) in [7, 11) is 1.53. The molecule has 0 saturated heterocycles. The van der Waals surface area contributed by atoms with Gasteiger partial charge in [0.15, 0.2) is 0 Å². The topological polar surface area (TPSA) is 22.1 Å². The van der Waals surface area contributed by atoms with Crippen LogP contribution in [0.3, 0.4) is 0 Å². The second kappa shape index (κ2) is 5.43. The molecule has 3 aromatic rings. The fourth-order valence-corrected chi connectivity index (χ4v) is 2.89. The number of hydrogen-bond donors (Lipinski definition) is 0. The molecule has 4 heteroatoms. The van der Waals surface area contributed by atoms with Crippen molar-refractivity contribution >= 4 is 11.3 Å². The molecule has 0 N–H and O–H groups in total. The maximum absolute atomic E-state index is 14.0. The van der Waals surface area contributed by atoms with Crippen LogP contribution < -0.4 is 4.74 Å². The Balaban J connectivity index is 2.07. The number of hydrogen-bond acceptors (Lipinski definition) is 3. The first-order chi connectivity index (χ1) is 9.79. The maximum atomic E-state index is 14.0. The number of aromatic nitrogens is 1. The standard InChI is InChI=1S/C16H12FNOS/c1-19-14-9-5-8-12(17)15(14)16-18-13(10-20-16)11-6-3-2-4-7-11/h2-10H,1H3. The molecule has 0 aliphatic heterocycles. The molecule has 1 aromatic heterocycles. The van der Waals surface area contributed by atoms with Gasteiger partial charge in [0.1, 0.15) is 16.6 Å². The molecule has 20 heavy (non-hydrogen) atoms. The first kappa shape index (κ1) is 12.8. The lowest BCUT2D eigenvalue weighted by molar-refractivity contribution is 0.413. The third-order valence-electron chi connectivity index (χ3n) is 2.98. The molecule has 0 atom stereocenters. The van der Waals surface area contributed by atoms with Crippen molar-refractivity contribution in [2.45, 2.75) is 0 Å².